The number of fused-ring (bicyclic) bond motifs is 3. The van der Waals surface area contributed by atoms with Gasteiger partial charge < -0.3 is 19.6 Å². The highest BCUT2D eigenvalue weighted by Gasteiger charge is 2.20. The summed E-state index contributed by atoms with van der Waals surface area (Å²) in [6.45, 7) is 6.39. The minimum absolute atomic E-state index is 0.126. The van der Waals surface area contributed by atoms with E-state index in [2.05, 4.69) is 43.3 Å². The molecule has 1 aliphatic rings. The van der Waals surface area contributed by atoms with Crippen molar-refractivity contribution in [3.63, 3.8) is 0 Å². The second kappa shape index (κ2) is 8.12. The number of piperazine rings is 1. The Morgan fingerprint density at radius 2 is 1.88 bits per heavy atom. The van der Waals surface area contributed by atoms with Gasteiger partial charge in [0.2, 0.25) is 0 Å². The first-order valence-corrected chi connectivity index (χ1v) is 10.7. The van der Waals surface area contributed by atoms with E-state index in [-0.39, 0.29) is 11.5 Å². The summed E-state index contributed by atoms with van der Waals surface area (Å²) in [7, 11) is 1.61. The number of anilines is 1. The maximum atomic E-state index is 12.3. The third-order valence-electron chi connectivity index (χ3n) is 6.17. The highest BCUT2D eigenvalue weighted by Crippen LogP contribution is 2.24. The molecule has 4 aromatic rings. The van der Waals surface area contributed by atoms with Crippen molar-refractivity contribution in [3.8, 4) is 0 Å². The lowest BCUT2D eigenvalue weighted by molar-refractivity contribution is 0.0958. The molecule has 0 saturated carbocycles. The fourth-order valence-corrected chi connectivity index (χ4v) is 4.45. The zero-order valence-corrected chi connectivity index (χ0v) is 18.1. The van der Waals surface area contributed by atoms with Gasteiger partial charge in [0.25, 0.3) is 11.5 Å². The summed E-state index contributed by atoms with van der Waals surface area (Å²) in [6.07, 6.45) is 3.12. The number of aromatic nitrogens is 2. The fraction of sp³-hybridized carbons (Fsp3) is 0.292. The van der Waals surface area contributed by atoms with Gasteiger partial charge in [-0.2, -0.15) is 0 Å². The molecule has 0 bridgehead atoms. The zero-order valence-electron chi connectivity index (χ0n) is 18.1. The standard InChI is InChI=1S/C24H25N5O3/c1-15-22(6-5-20(26-15)24(31)25-2)29-9-7-28(8-10-29)12-16-3-4-17-18-13-32-14-19(18)23(30)27-21(17)11-16/h3-6,11,13-14H,7-10,12H2,1-2H3,(H,25,31)(H,27,30). The van der Waals surface area contributed by atoms with Gasteiger partial charge in [-0.3, -0.25) is 14.5 Å². The molecule has 1 fully saturated rings. The van der Waals surface area contributed by atoms with Gasteiger partial charge in [0.1, 0.15) is 12.0 Å². The average Bonchev–Trinajstić information content (AvgIpc) is 3.30. The van der Waals surface area contributed by atoms with Crippen LogP contribution in [0.3, 0.4) is 0 Å². The summed E-state index contributed by atoms with van der Waals surface area (Å²) in [5.41, 5.74) is 4.25. The second-order valence-corrected chi connectivity index (χ2v) is 8.18. The number of nitrogens with zero attached hydrogens (tertiary/aromatic N) is 3. The van der Waals surface area contributed by atoms with Gasteiger partial charge in [0.05, 0.1) is 23.0 Å². The van der Waals surface area contributed by atoms with Crippen LogP contribution in [0.4, 0.5) is 5.69 Å². The van der Waals surface area contributed by atoms with E-state index < -0.39 is 0 Å². The van der Waals surface area contributed by atoms with Crippen LogP contribution in [-0.2, 0) is 6.54 Å². The van der Waals surface area contributed by atoms with Crippen LogP contribution in [0, 0.1) is 6.92 Å². The van der Waals surface area contributed by atoms with Crippen LogP contribution >= 0.6 is 0 Å². The third-order valence-corrected chi connectivity index (χ3v) is 6.17. The Kier molecular flexibility index (Phi) is 5.14. The largest absolute Gasteiger partial charge is 0.471 e. The first-order valence-electron chi connectivity index (χ1n) is 10.7. The minimum atomic E-state index is -0.172. The van der Waals surface area contributed by atoms with Gasteiger partial charge in [-0.05, 0) is 30.7 Å². The van der Waals surface area contributed by atoms with E-state index in [0.29, 0.717) is 11.1 Å². The number of carbonyl (C=O) groups excluding carboxylic acids is 1. The highest BCUT2D eigenvalue weighted by molar-refractivity contribution is 6.04. The molecule has 1 aromatic carbocycles. The number of aryl methyl sites for hydroxylation is 1. The number of furan rings is 1. The van der Waals surface area contributed by atoms with Crippen LogP contribution in [0.15, 0.2) is 52.1 Å². The number of carbonyl (C=O) groups is 1. The molecular weight excluding hydrogens is 406 g/mol. The Labute approximate surface area is 184 Å². The molecule has 0 radical (unpaired) electrons. The molecule has 164 valence electrons. The molecule has 0 spiro atoms. The first kappa shape index (κ1) is 20.3. The minimum Gasteiger partial charge on any atom is -0.471 e. The lowest BCUT2D eigenvalue weighted by Crippen LogP contribution is -2.46. The van der Waals surface area contributed by atoms with Crippen molar-refractivity contribution in [3.05, 3.63) is 70.2 Å². The molecular formula is C24H25N5O3. The van der Waals surface area contributed by atoms with E-state index in [1.807, 2.05) is 13.0 Å². The maximum Gasteiger partial charge on any atom is 0.269 e. The molecule has 0 unspecified atom stereocenters. The molecule has 8 heteroatoms. The van der Waals surface area contributed by atoms with Gasteiger partial charge in [0.15, 0.2) is 0 Å². The van der Waals surface area contributed by atoms with Crippen LogP contribution in [0.25, 0.3) is 21.7 Å². The van der Waals surface area contributed by atoms with Crippen molar-refractivity contribution in [2.75, 3.05) is 38.1 Å². The van der Waals surface area contributed by atoms with Crippen molar-refractivity contribution >= 4 is 33.3 Å². The maximum absolute atomic E-state index is 12.3. The molecule has 4 heterocycles. The summed E-state index contributed by atoms with van der Waals surface area (Å²) in [5, 5.41) is 5.02. The van der Waals surface area contributed by atoms with E-state index >= 15 is 0 Å². The Morgan fingerprint density at radius 3 is 2.62 bits per heavy atom. The zero-order chi connectivity index (χ0) is 22.2. The van der Waals surface area contributed by atoms with Crippen molar-refractivity contribution in [1.29, 1.82) is 0 Å². The molecule has 8 nitrogen and oxygen atoms in total. The number of benzene rings is 1. The van der Waals surface area contributed by atoms with Crippen LogP contribution < -0.4 is 15.8 Å². The molecule has 0 atom stereocenters. The normalized spacial score (nSPS) is 14.9. The summed E-state index contributed by atoms with van der Waals surface area (Å²) >= 11 is 0. The van der Waals surface area contributed by atoms with Crippen molar-refractivity contribution in [2.24, 2.45) is 0 Å². The molecule has 32 heavy (non-hydrogen) atoms. The van der Waals surface area contributed by atoms with Crippen molar-refractivity contribution in [2.45, 2.75) is 13.5 Å². The number of aromatic amines is 1. The number of pyridine rings is 2. The number of amides is 1. The molecule has 1 saturated heterocycles. The summed E-state index contributed by atoms with van der Waals surface area (Å²) < 4.78 is 5.23. The molecule has 0 aliphatic carbocycles. The molecule has 3 aromatic heterocycles. The summed E-state index contributed by atoms with van der Waals surface area (Å²) in [4.78, 5) is 36.2. The van der Waals surface area contributed by atoms with E-state index in [9.17, 15) is 9.59 Å². The van der Waals surface area contributed by atoms with E-state index in [0.717, 1.165) is 66.0 Å². The predicted molar refractivity (Wildman–Crippen MR) is 124 cm³/mol. The molecule has 1 amide bonds. The Balaban J connectivity index is 1.28. The monoisotopic (exact) mass is 431 g/mol. The predicted octanol–water partition coefficient (Wildman–Crippen LogP) is 2.66. The third kappa shape index (κ3) is 3.62. The van der Waals surface area contributed by atoms with E-state index in [4.69, 9.17) is 4.42 Å². The Bertz CT molecular complexity index is 1370. The average molecular weight is 431 g/mol. The Hall–Kier alpha value is -3.65. The quantitative estimate of drug-likeness (QED) is 0.516. The van der Waals surface area contributed by atoms with Crippen LogP contribution in [0.1, 0.15) is 21.7 Å². The lowest BCUT2D eigenvalue weighted by Gasteiger charge is -2.36. The molecule has 5 rings (SSSR count). The first-order chi connectivity index (χ1) is 15.5. The van der Waals surface area contributed by atoms with Crippen LogP contribution in [0.2, 0.25) is 0 Å². The number of hydrogen-bond acceptors (Lipinski definition) is 6. The fourth-order valence-electron chi connectivity index (χ4n) is 4.45. The lowest BCUT2D eigenvalue weighted by atomic mass is 10.1. The molecule has 2 N–H and O–H groups in total. The van der Waals surface area contributed by atoms with Gasteiger partial charge in [-0.15, -0.1) is 0 Å². The van der Waals surface area contributed by atoms with Crippen LogP contribution in [0.5, 0.6) is 0 Å². The number of H-pyrrole nitrogens is 1. The van der Waals surface area contributed by atoms with Gasteiger partial charge in [0, 0.05) is 56.1 Å². The SMILES string of the molecule is CNC(=O)c1ccc(N2CCN(Cc3ccc4c(c3)[nH]c(=O)c3cocc34)CC2)c(C)n1. The second-order valence-electron chi connectivity index (χ2n) is 8.18. The number of hydrogen-bond donors (Lipinski definition) is 2. The van der Waals surface area contributed by atoms with Crippen molar-refractivity contribution in [1.82, 2.24) is 20.2 Å². The van der Waals surface area contributed by atoms with Gasteiger partial charge >= 0.3 is 0 Å². The van der Waals surface area contributed by atoms with E-state index in [1.165, 1.54) is 6.26 Å². The van der Waals surface area contributed by atoms with Gasteiger partial charge in [-0.25, -0.2) is 4.98 Å². The Morgan fingerprint density at radius 1 is 1.09 bits per heavy atom. The van der Waals surface area contributed by atoms with Crippen molar-refractivity contribution < 1.29 is 9.21 Å². The smallest absolute Gasteiger partial charge is 0.269 e. The summed E-state index contributed by atoms with van der Waals surface area (Å²) in [6, 6.07) is 9.99. The number of rotatable bonds is 4. The van der Waals surface area contributed by atoms with E-state index in [1.54, 1.807) is 19.4 Å². The van der Waals surface area contributed by atoms with Gasteiger partial charge in [-0.1, -0.05) is 12.1 Å². The number of nitrogens with one attached hydrogen (secondary N) is 2. The topological polar surface area (TPSA) is 94.5 Å². The highest BCUT2D eigenvalue weighted by atomic mass is 16.3. The van der Waals surface area contributed by atoms with Crippen LogP contribution in [-0.4, -0.2) is 54.0 Å². The molecule has 1 aliphatic heterocycles. The summed E-state index contributed by atoms with van der Waals surface area (Å²) in [5.74, 6) is -0.172.